The summed E-state index contributed by atoms with van der Waals surface area (Å²) in [4.78, 5) is 18.7. The molecule has 1 saturated carbocycles. The second-order valence-corrected chi connectivity index (χ2v) is 6.46. The molecule has 2 N–H and O–H groups in total. The third kappa shape index (κ3) is 4.18. The number of carbonyl (C=O) groups excluding carboxylic acids is 1. The average molecular weight is 356 g/mol. The van der Waals surface area contributed by atoms with Gasteiger partial charge < -0.3 is 20.1 Å². The van der Waals surface area contributed by atoms with Gasteiger partial charge in [-0.3, -0.25) is 4.79 Å². The Kier molecular flexibility index (Phi) is 6.83. The molecule has 2 fully saturated rings. The van der Waals surface area contributed by atoms with Crippen LogP contribution in [0.5, 0.6) is 5.88 Å². The Morgan fingerprint density at radius 1 is 1.33 bits per heavy atom. The Morgan fingerprint density at radius 2 is 2.17 bits per heavy atom. The van der Waals surface area contributed by atoms with Crippen LogP contribution in [0.25, 0.3) is 0 Å². The first-order chi connectivity index (χ1) is 11.2. The number of hydrogen-bond donors (Lipinski definition) is 1. The largest absolute Gasteiger partial charge is 0.478 e. The number of likely N-dealkylation sites (tertiary alicyclic amines) is 1. The van der Waals surface area contributed by atoms with Crippen LogP contribution < -0.4 is 10.5 Å². The Labute approximate surface area is 149 Å². The van der Waals surface area contributed by atoms with Gasteiger partial charge in [-0.2, -0.15) is 0 Å². The molecule has 24 heavy (non-hydrogen) atoms. The van der Waals surface area contributed by atoms with E-state index in [1.807, 2.05) is 4.90 Å². The number of nitrogens with zero attached hydrogens (tertiary/aromatic N) is 2. The second-order valence-electron chi connectivity index (χ2n) is 6.46. The van der Waals surface area contributed by atoms with E-state index in [1.54, 1.807) is 25.4 Å². The van der Waals surface area contributed by atoms with Crippen LogP contribution >= 0.6 is 12.4 Å². The van der Waals surface area contributed by atoms with Gasteiger partial charge in [0, 0.05) is 51.5 Å². The normalized spacial score (nSPS) is 25.2. The highest BCUT2D eigenvalue weighted by Gasteiger charge is 2.42. The van der Waals surface area contributed by atoms with Crippen molar-refractivity contribution < 1.29 is 14.3 Å². The number of carbonyl (C=O) groups is 1. The van der Waals surface area contributed by atoms with Crippen LogP contribution in [0.4, 0.5) is 0 Å². The SMILES string of the molecule is COCCCOc1ccc(C(=O)N2CC3CCC(N)C3C2)cn1.Cl. The highest BCUT2D eigenvalue weighted by molar-refractivity contribution is 5.94. The predicted molar refractivity (Wildman–Crippen MR) is 93.6 cm³/mol. The minimum Gasteiger partial charge on any atom is -0.478 e. The Morgan fingerprint density at radius 3 is 2.83 bits per heavy atom. The van der Waals surface area contributed by atoms with Crippen molar-refractivity contribution in [2.75, 3.05) is 33.4 Å². The zero-order chi connectivity index (χ0) is 16.2. The van der Waals surface area contributed by atoms with Gasteiger partial charge in [0.15, 0.2) is 0 Å². The third-order valence-corrected chi connectivity index (χ3v) is 4.93. The lowest BCUT2D eigenvalue weighted by molar-refractivity contribution is 0.0779. The van der Waals surface area contributed by atoms with Gasteiger partial charge in [0.05, 0.1) is 12.2 Å². The maximum atomic E-state index is 12.6. The molecule has 0 radical (unpaired) electrons. The fraction of sp³-hybridized carbons (Fsp3) is 0.647. The molecule has 3 rings (SSSR count). The molecule has 2 heterocycles. The molecular weight excluding hydrogens is 330 g/mol. The average Bonchev–Trinajstić information content (AvgIpc) is 3.14. The molecule has 1 saturated heterocycles. The van der Waals surface area contributed by atoms with Gasteiger partial charge in [0.25, 0.3) is 5.91 Å². The van der Waals surface area contributed by atoms with Crippen LogP contribution in [-0.2, 0) is 4.74 Å². The van der Waals surface area contributed by atoms with E-state index in [1.165, 1.54) is 0 Å². The highest BCUT2D eigenvalue weighted by atomic mass is 35.5. The molecular formula is C17H26ClN3O3. The molecule has 0 spiro atoms. The molecule has 1 aliphatic carbocycles. The first-order valence-electron chi connectivity index (χ1n) is 8.31. The topological polar surface area (TPSA) is 77.7 Å². The van der Waals surface area contributed by atoms with Crippen LogP contribution in [0.2, 0.25) is 0 Å². The number of nitrogens with two attached hydrogens (primary N) is 1. The fourth-order valence-electron chi connectivity index (χ4n) is 3.63. The molecule has 1 aromatic heterocycles. The van der Waals surface area contributed by atoms with Crippen molar-refractivity contribution in [1.82, 2.24) is 9.88 Å². The van der Waals surface area contributed by atoms with Gasteiger partial charge in [-0.1, -0.05) is 0 Å². The van der Waals surface area contributed by atoms with Crippen molar-refractivity contribution in [3.8, 4) is 5.88 Å². The molecule has 0 bridgehead atoms. The van der Waals surface area contributed by atoms with Gasteiger partial charge in [0.2, 0.25) is 5.88 Å². The van der Waals surface area contributed by atoms with Crippen molar-refractivity contribution in [1.29, 1.82) is 0 Å². The number of methoxy groups -OCH3 is 1. The maximum Gasteiger partial charge on any atom is 0.255 e. The number of aromatic nitrogens is 1. The lowest BCUT2D eigenvalue weighted by Crippen LogP contribution is -2.33. The van der Waals surface area contributed by atoms with Gasteiger partial charge in [0.1, 0.15) is 0 Å². The van der Waals surface area contributed by atoms with Gasteiger partial charge in [-0.15, -0.1) is 12.4 Å². The Balaban J connectivity index is 0.00000208. The smallest absolute Gasteiger partial charge is 0.255 e. The van der Waals surface area contributed by atoms with Gasteiger partial charge in [-0.05, 0) is 30.7 Å². The van der Waals surface area contributed by atoms with Crippen molar-refractivity contribution in [2.24, 2.45) is 17.6 Å². The third-order valence-electron chi connectivity index (χ3n) is 4.93. The summed E-state index contributed by atoms with van der Waals surface area (Å²) >= 11 is 0. The van der Waals surface area contributed by atoms with E-state index in [-0.39, 0.29) is 24.4 Å². The number of pyridine rings is 1. The number of ether oxygens (including phenoxy) is 2. The first kappa shape index (κ1) is 19.0. The molecule has 3 unspecified atom stereocenters. The fourth-order valence-corrected chi connectivity index (χ4v) is 3.63. The monoisotopic (exact) mass is 355 g/mol. The molecule has 7 heteroatoms. The number of rotatable bonds is 6. The molecule has 1 aromatic rings. The molecule has 1 amide bonds. The number of amides is 1. The van der Waals surface area contributed by atoms with Crippen molar-refractivity contribution >= 4 is 18.3 Å². The summed E-state index contributed by atoms with van der Waals surface area (Å²) in [7, 11) is 1.66. The minimum absolute atomic E-state index is 0. The minimum atomic E-state index is 0. The zero-order valence-corrected chi connectivity index (χ0v) is 14.8. The van der Waals surface area contributed by atoms with Crippen molar-refractivity contribution in [3.63, 3.8) is 0 Å². The van der Waals surface area contributed by atoms with Crippen LogP contribution in [0.1, 0.15) is 29.6 Å². The predicted octanol–water partition coefficient (Wildman–Crippen LogP) is 1.73. The summed E-state index contributed by atoms with van der Waals surface area (Å²) in [6, 6.07) is 3.79. The van der Waals surface area contributed by atoms with E-state index >= 15 is 0 Å². The zero-order valence-electron chi connectivity index (χ0n) is 14.0. The number of halogens is 1. The number of hydrogen-bond acceptors (Lipinski definition) is 5. The Hall–Kier alpha value is -1.37. The van der Waals surface area contributed by atoms with E-state index in [0.29, 0.717) is 36.5 Å². The van der Waals surface area contributed by atoms with Crippen molar-refractivity contribution in [2.45, 2.75) is 25.3 Å². The lowest BCUT2D eigenvalue weighted by atomic mass is 9.98. The molecule has 134 valence electrons. The van der Waals surface area contributed by atoms with E-state index in [0.717, 1.165) is 32.4 Å². The quantitative estimate of drug-likeness (QED) is 0.786. The highest BCUT2D eigenvalue weighted by Crippen LogP contribution is 2.37. The molecule has 6 nitrogen and oxygen atoms in total. The maximum absolute atomic E-state index is 12.6. The summed E-state index contributed by atoms with van der Waals surface area (Å²) in [6.45, 7) is 2.82. The van der Waals surface area contributed by atoms with Gasteiger partial charge >= 0.3 is 0 Å². The second kappa shape index (κ2) is 8.65. The first-order valence-corrected chi connectivity index (χ1v) is 8.31. The van der Waals surface area contributed by atoms with E-state index in [9.17, 15) is 4.79 Å². The standard InChI is InChI=1S/C17H25N3O3.ClH/c1-22-7-2-8-23-16-6-4-12(9-19-16)17(21)20-10-13-3-5-15(18)14(13)11-20;/h4,6,9,13-15H,2-3,5,7-8,10-11,18H2,1H3;1H. The summed E-state index contributed by atoms with van der Waals surface area (Å²) in [5.74, 6) is 1.63. The van der Waals surface area contributed by atoms with Crippen LogP contribution in [0, 0.1) is 11.8 Å². The molecule has 1 aliphatic heterocycles. The molecule has 0 aromatic carbocycles. The van der Waals surface area contributed by atoms with Crippen LogP contribution in [0.3, 0.4) is 0 Å². The number of fused-ring (bicyclic) bond motifs is 1. The van der Waals surface area contributed by atoms with Crippen LogP contribution in [-0.4, -0.2) is 55.2 Å². The summed E-state index contributed by atoms with van der Waals surface area (Å²) in [6.07, 6.45) is 4.65. The van der Waals surface area contributed by atoms with Crippen LogP contribution in [0.15, 0.2) is 18.3 Å². The van der Waals surface area contributed by atoms with E-state index in [2.05, 4.69) is 4.98 Å². The van der Waals surface area contributed by atoms with E-state index < -0.39 is 0 Å². The van der Waals surface area contributed by atoms with Gasteiger partial charge in [-0.25, -0.2) is 4.98 Å². The summed E-state index contributed by atoms with van der Waals surface area (Å²) < 4.78 is 10.5. The molecule has 2 aliphatic rings. The lowest BCUT2D eigenvalue weighted by Gasteiger charge is -2.18. The van der Waals surface area contributed by atoms with E-state index in [4.69, 9.17) is 15.2 Å². The summed E-state index contributed by atoms with van der Waals surface area (Å²) in [5, 5.41) is 0. The van der Waals surface area contributed by atoms with Crippen molar-refractivity contribution in [3.05, 3.63) is 23.9 Å². The Bertz CT molecular complexity index is 540. The summed E-state index contributed by atoms with van der Waals surface area (Å²) in [5.41, 5.74) is 6.75. The molecule has 3 atom stereocenters.